The van der Waals surface area contributed by atoms with E-state index in [1.54, 1.807) is 18.2 Å². The van der Waals surface area contributed by atoms with Crippen molar-refractivity contribution in [1.29, 1.82) is 0 Å². The molecule has 1 amide bonds. The zero-order chi connectivity index (χ0) is 14.3. The molecule has 0 aliphatic carbocycles. The van der Waals surface area contributed by atoms with Crippen molar-refractivity contribution in [2.45, 2.75) is 32.7 Å². The van der Waals surface area contributed by atoms with E-state index in [4.69, 9.17) is 10.8 Å². The average Bonchev–Trinajstić information content (AvgIpc) is 2.40. The van der Waals surface area contributed by atoms with Gasteiger partial charge in [-0.05, 0) is 38.0 Å². The Morgan fingerprint density at radius 1 is 1.42 bits per heavy atom. The molecule has 1 aromatic rings. The summed E-state index contributed by atoms with van der Waals surface area (Å²) >= 11 is 0. The molecule has 0 aliphatic rings. The molecule has 0 spiro atoms. The van der Waals surface area contributed by atoms with Crippen molar-refractivity contribution in [3.63, 3.8) is 0 Å². The highest BCUT2D eigenvalue weighted by molar-refractivity contribution is 5.96. The molecule has 106 valence electrons. The predicted molar refractivity (Wildman–Crippen MR) is 78.3 cm³/mol. The number of nitrogens with two attached hydrogens (primary N) is 1. The Bertz CT molecular complexity index is 421. The first kappa shape index (κ1) is 15.3. The van der Waals surface area contributed by atoms with Gasteiger partial charge in [-0.25, -0.2) is 0 Å². The number of aliphatic hydroxyl groups is 1. The number of nitrogen functional groups attached to an aromatic ring is 1. The number of nitrogens with one attached hydrogen (secondary N) is 2. The summed E-state index contributed by atoms with van der Waals surface area (Å²) in [5, 5.41) is 15.0. The lowest BCUT2D eigenvalue weighted by molar-refractivity contribution is 0.0956. The summed E-state index contributed by atoms with van der Waals surface area (Å²) in [7, 11) is 0. The molecule has 0 aromatic heterocycles. The molecule has 0 radical (unpaired) electrons. The Hall–Kier alpha value is -1.75. The lowest BCUT2D eigenvalue weighted by Gasteiger charge is -2.19. The minimum atomic E-state index is -0.110. The van der Waals surface area contributed by atoms with Crippen LogP contribution in [-0.4, -0.2) is 30.2 Å². The highest BCUT2D eigenvalue weighted by atomic mass is 16.3. The van der Waals surface area contributed by atoms with Crippen LogP contribution in [0.15, 0.2) is 18.2 Å². The van der Waals surface area contributed by atoms with E-state index in [1.807, 2.05) is 13.8 Å². The summed E-state index contributed by atoms with van der Waals surface area (Å²) in [6.07, 6.45) is 1.53. The molecule has 1 atom stereocenters. The molecule has 19 heavy (non-hydrogen) atoms. The summed E-state index contributed by atoms with van der Waals surface area (Å²) in [5.41, 5.74) is 7.83. The van der Waals surface area contributed by atoms with E-state index in [1.165, 1.54) is 0 Å². The van der Waals surface area contributed by atoms with E-state index in [9.17, 15) is 4.79 Å². The van der Waals surface area contributed by atoms with E-state index >= 15 is 0 Å². The highest BCUT2D eigenvalue weighted by Crippen LogP contribution is 2.22. The molecule has 0 aliphatic heterocycles. The first-order valence-corrected chi connectivity index (χ1v) is 6.67. The Balaban J connectivity index is 2.87. The number of benzene rings is 1. The van der Waals surface area contributed by atoms with E-state index < -0.39 is 0 Å². The maximum Gasteiger partial charge on any atom is 0.251 e. The fourth-order valence-electron chi connectivity index (χ4n) is 1.84. The second-order valence-corrected chi connectivity index (χ2v) is 4.42. The third-order valence-electron chi connectivity index (χ3n) is 2.98. The van der Waals surface area contributed by atoms with Crippen LogP contribution in [0, 0.1) is 0 Å². The lowest BCUT2D eigenvalue weighted by Crippen LogP contribution is -2.24. The van der Waals surface area contributed by atoms with Crippen LogP contribution in [-0.2, 0) is 0 Å². The number of amides is 1. The maximum absolute atomic E-state index is 11.8. The van der Waals surface area contributed by atoms with Crippen molar-refractivity contribution in [3.05, 3.63) is 23.8 Å². The summed E-state index contributed by atoms with van der Waals surface area (Å²) in [6, 6.07) is 5.33. The Labute approximate surface area is 114 Å². The second-order valence-electron chi connectivity index (χ2n) is 4.42. The van der Waals surface area contributed by atoms with Crippen LogP contribution in [0.1, 0.15) is 37.0 Å². The van der Waals surface area contributed by atoms with Crippen molar-refractivity contribution >= 4 is 17.3 Å². The number of aliphatic hydroxyl groups excluding tert-OH is 1. The molecule has 1 unspecified atom stereocenters. The Morgan fingerprint density at radius 2 is 2.16 bits per heavy atom. The topological polar surface area (TPSA) is 87.4 Å². The molecule has 1 rings (SSSR count). The molecule has 5 nitrogen and oxygen atoms in total. The Kier molecular flexibility index (Phi) is 6.15. The molecule has 0 bridgehead atoms. The lowest BCUT2D eigenvalue weighted by atomic mass is 10.1. The second kappa shape index (κ2) is 7.63. The third-order valence-corrected chi connectivity index (χ3v) is 2.98. The number of hydrogen-bond donors (Lipinski definition) is 4. The third kappa shape index (κ3) is 4.44. The van der Waals surface area contributed by atoms with Gasteiger partial charge in [0.2, 0.25) is 0 Å². The van der Waals surface area contributed by atoms with Crippen LogP contribution in [0.2, 0.25) is 0 Å². The molecule has 0 heterocycles. The van der Waals surface area contributed by atoms with Gasteiger partial charge in [0, 0.05) is 24.8 Å². The molecular weight excluding hydrogens is 242 g/mol. The minimum absolute atomic E-state index is 0.110. The number of anilines is 2. The summed E-state index contributed by atoms with van der Waals surface area (Å²) in [5.74, 6) is -0.110. The van der Waals surface area contributed by atoms with Gasteiger partial charge in [-0.3, -0.25) is 4.79 Å². The summed E-state index contributed by atoms with van der Waals surface area (Å²) < 4.78 is 0. The quantitative estimate of drug-likeness (QED) is 0.564. The molecule has 0 saturated heterocycles. The number of rotatable bonds is 7. The van der Waals surface area contributed by atoms with Crippen molar-refractivity contribution in [2.24, 2.45) is 0 Å². The van der Waals surface area contributed by atoms with Gasteiger partial charge in [-0.1, -0.05) is 6.92 Å². The van der Waals surface area contributed by atoms with Gasteiger partial charge in [0.05, 0.1) is 11.4 Å². The molecule has 5 heteroatoms. The van der Waals surface area contributed by atoms with Crippen LogP contribution < -0.4 is 16.4 Å². The van der Waals surface area contributed by atoms with Crippen molar-refractivity contribution in [2.75, 3.05) is 24.2 Å². The van der Waals surface area contributed by atoms with Crippen LogP contribution in [0.25, 0.3) is 0 Å². The first-order valence-electron chi connectivity index (χ1n) is 6.67. The number of carbonyl (C=O) groups is 1. The highest BCUT2D eigenvalue weighted by Gasteiger charge is 2.11. The van der Waals surface area contributed by atoms with Crippen molar-refractivity contribution in [3.8, 4) is 0 Å². The average molecular weight is 265 g/mol. The standard InChI is InChI=1S/C14H23N3O2/c1-3-11(7-8-18)17-13-9-10(5-6-12(13)15)14(19)16-4-2/h5-6,9,11,17-18H,3-4,7-8,15H2,1-2H3,(H,16,19). The van der Waals surface area contributed by atoms with E-state index in [0.29, 0.717) is 24.2 Å². The monoisotopic (exact) mass is 265 g/mol. The van der Waals surface area contributed by atoms with Crippen LogP contribution in [0.5, 0.6) is 0 Å². The minimum Gasteiger partial charge on any atom is -0.397 e. The molecular formula is C14H23N3O2. The largest absolute Gasteiger partial charge is 0.397 e. The first-order chi connectivity index (χ1) is 9.12. The van der Waals surface area contributed by atoms with Crippen molar-refractivity contribution in [1.82, 2.24) is 5.32 Å². The molecule has 5 N–H and O–H groups in total. The fraction of sp³-hybridized carbons (Fsp3) is 0.500. The van der Waals surface area contributed by atoms with Crippen LogP contribution in [0.4, 0.5) is 11.4 Å². The van der Waals surface area contributed by atoms with E-state index in [-0.39, 0.29) is 18.6 Å². The van der Waals surface area contributed by atoms with E-state index in [0.717, 1.165) is 12.1 Å². The number of hydrogen-bond acceptors (Lipinski definition) is 4. The zero-order valence-electron chi connectivity index (χ0n) is 11.6. The van der Waals surface area contributed by atoms with Gasteiger partial charge in [-0.2, -0.15) is 0 Å². The van der Waals surface area contributed by atoms with Gasteiger partial charge in [0.1, 0.15) is 0 Å². The molecule has 1 aromatic carbocycles. The van der Waals surface area contributed by atoms with Gasteiger partial charge in [-0.15, -0.1) is 0 Å². The molecule has 0 fully saturated rings. The van der Waals surface area contributed by atoms with Crippen LogP contribution >= 0.6 is 0 Å². The fourth-order valence-corrected chi connectivity index (χ4v) is 1.84. The van der Waals surface area contributed by atoms with Crippen LogP contribution in [0.3, 0.4) is 0 Å². The van der Waals surface area contributed by atoms with E-state index in [2.05, 4.69) is 10.6 Å². The normalized spacial score (nSPS) is 11.9. The van der Waals surface area contributed by atoms with Gasteiger partial charge in [0.25, 0.3) is 5.91 Å². The van der Waals surface area contributed by atoms with Gasteiger partial charge in [0.15, 0.2) is 0 Å². The smallest absolute Gasteiger partial charge is 0.251 e. The predicted octanol–water partition coefficient (Wildman–Crippen LogP) is 1.59. The van der Waals surface area contributed by atoms with Gasteiger partial charge < -0.3 is 21.5 Å². The summed E-state index contributed by atoms with van der Waals surface area (Å²) in [4.78, 5) is 11.8. The SMILES string of the molecule is CCNC(=O)c1ccc(N)c(NC(CC)CCO)c1. The summed E-state index contributed by atoms with van der Waals surface area (Å²) in [6.45, 7) is 4.63. The molecule has 0 saturated carbocycles. The zero-order valence-corrected chi connectivity index (χ0v) is 11.6. The number of carbonyl (C=O) groups excluding carboxylic acids is 1. The van der Waals surface area contributed by atoms with Gasteiger partial charge >= 0.3 is 0 Å². The Morgan fingerprint density at radius 3 is 2.74 bits per heavy atom. The maximum atomic E-state index is 11.8. The van der Waals surface area contributed by atoms with Crippen molar-refractivity contribution < 1.29 is 9.90 Å².